The molecular formula is C14H17ClN2O2. The van der Waals surface area contributed by atoms with Crippen LogP contribution in [0, 0.1) is 0 Å². The Kier molecular flexibility index (Phi) is 4.82. The lowest BCUT2D eigenvalue weighted by atomic mass is 10.1. The summed E-state index contributed by atoms with van der Waals surface area (Å²) in [6.45, 7) is 0.808. The van der Waals surface area contributed by atoms with Crippen molar-refractivity contribution in [1.82, 2.24) is 9.55 Å². The van der Waals surface area contributed by atoms with E-state index in [1.807, 2.05) is 16.8 Å². The molecule has 0 saturated carbocycles. The number of aliphatic hydroxyl groups is 1. The first-order valence-electron chi connectivity index (χ1n) is 6.29. The molecule has 19 heavy (non-hydrogen) atoms. The summed E-state index contributed by atoms with van der Waals surface area (Å²) in [5, 5.41) is 19.0. The molecule has 0 aliphatic carbocycles. The molecule has 0 amide bonds. The Hall–Kier alpha value is -1.52. The van der Waals surface area contributed by atoms with Gasteiger partial charge in [-0.2, -0.15) is 0 Å². The number of phenolic OH excluding ortho intramolecular Hbond substituents is 1. The average molecular weight is 281 g/mol. The van der Waals surface area contributed by atoms with E-state index in [0.29, 0.717) is 10.8 Å². The standard InChI is InChI=1S/C14H17ClN2O2/c15-13-9-12(19)5-4-11(13)3-1-2-7-17-8-6-16-14(17)10-18/h4-6,8-9,18-19H,1-3,7,10H2. The summed E-state index contributed by atoms with van der Waals surface area (Å²) in [6, 6.07) is 5.07. The Labute approximate surface area is 117 Å². The van der Waals surface area contributed by atoms with Gasteiger partial charge in [-0.05, 0) is 37.0 Å². The summed E-state index contributed by atoms with van der Waals surface area (Å²) in [4.78, 5) is 4.06. The van der Waals surface area contributed by atoms with Crippen molar-refractivity contribution in [2.45, 2.75) is 32.4 Å². The number of unbranched alkanes of at least 4 members (excludes halogenated alkanes) is 1. The number of rotatable bonds is 6. The van der Waals surface area contributed by atoms with E-state index in [0.717, 1.165) is 31.4 Å². The van der Waals surface area contributed by atoms with Crippen LogP contribution in [0.1, 0.15) is 24.2 Å². The van der Waals surface area contributed by atoms with Gasteiger partial charge in [0.1, 0.15) is 18.2 Å². The number of aryl methyl sites for hydroxylation is 2. The van der Waals surface area contributed by atoms with Gasteiger partial charge in [0.25, 0.3) is 0 Å². The van der Waals surface area contributed by atoms with Gasteiger partial charge in [-0.15, -0.1) is 0 Å². The fraction of sp³-hybridized carbons (Fsp3) is 0.357. The van der Waals surface area contributed by atoms with Gasteiger partial charge in [0, 0.05) is 24.0 Å². The maximum atomic E-state index is 9.27. The highest BCUT2D eigenvalue weighted by atomic mass is 35.5. The first kappa shape index (κ1) is 13.9. The molecule has 0 fully saturated rings. The number of nitrogens with zero attached hydrogens (tertiary/aromatic N) is 2. The Morgan fingerprint density at radius 2 is 2.11 bits per heavy atom. The third kappa shape index (κ3) is 3.72. The molecule has 0 atom stereocenters. The smallest absolute Gasteiger partial charge is 0.134 e. The summed E-state index contributed by atoms with van der Waals surface area (Å²) in [6.07, 6.45) is 6.43. The molecule has 0 saturated heterocycles. The molecule has 0 bridgehead atoms. The summed E-state index contributed by atoms with van der Waals surface area (Å²) in [5.74, 6) is 0.891. The van der Waals surface area contributed by atoms with Gasteiger partial charge in [0.05, 0.1) is 0 Å². The van der Waals surface area contributed by atoms with Crippen molar-refractivity contribution in [3.05, 3.63) is 47.0 Å². The van der Waals surface area contributed by atoms with Crippen LogP contribution in [0.3, 0.4) is 0 Å². The second-order valence-electron chi connectivity index (χ2n) is 4.43. The molecule has 1 heterocycles. The van der Waals surface area contributed by atoms with E-state index < -0.39 is 0 Å². The Morgan fingerprint density at radius 3 is 2.84 bits per heavy atom. The van der Waals surface area contributed by atoms with E-state index in [-0.39, 0.29) is 12.4 Å². The fourth-order valence-electron chi connectivity index (χ4n) is 2.03. The molecule has 102 valence electrons. The molecule has 0 unspecified atom stereocenters. The highest BCUT2D eigenvalue weighted by molar-refractivity contribution is 6.31. The van der Waals surface area contributed by atoms with Gasteiger partial charge >= 0.3 is 0 Å². The SMILES string of the molecule is OCc1nccn1CCCCc1ccc(O)cc1Cl. The lowest BCUT2D eigenvalue weighted by Crippen LogP contribution is -2.03. The van der Waals surface area contributed by atoms with Crippen LogP contribution in [-0.2, 0) is 19.6 Å². The van der Waals surface area contributed by atoms with Gasteiger partial charge in [0.2, 0.25) is 0 Å². The predicted molar refractivity (Wildman–Crippen MR) is 74.2 cm³/mol. The zero-order valence-corrected chi connectivity index (χ0v) is 11.3. The van der Waals surface area contributed by atoms with Crippen molar-refractivity contribution in [1.29, 1.82) is 0 Å². The van der Waals surface area contributed by atoms with Crippen molar-refractivity contribution in [2.75, 3.05) is 0 Å². The van der Waals surface area contributed by atoms with Crippen LogP contribution in [0.4, 0.5) is 0 Å². The fourth-order valence-corrected chi connectivity index (χ4v) is 2.30. The van der Waals surface area contributed by atoms with E-state index in [1.54, 1.807) is 18.3 Å². The van der Waals surface area contributed by atoms with E-state index >= 15 is 0 Å². The van der Waals surface area contributed by atoms with Gasteiger partial charge in [-0.1, -0.05) is 17.7 Å². The first-order chi connectivity index (χ1) is 9.20. The third-order valence-electron chi connectivity index (χ3n) is 3.07. The Balaban J connectivity index is 1.81. The summed E-state index contributed by atoms with van der Waals surface area (Å²) in [7, 11) is 0. The van der Waals surface area contributed by atoms with Crippen molar-refractivity contribution in [3.63, 3.8) is 0 Å². The van der Waals surface area contributed by atoms with E-state index in [2.05, 4.69) is 4.98 Å². The van der Waals surface area contributed by atoms with Crippen LogP contribution in [0.2, 0.25) is 5.02 Å². The summed E-state index contributed by atoms with van der Waals surface area (Å²) >= 11 is 6.05. The minimum absolute atomic E-state index is 0.0310. The molecule has 0 aliphatic rings. The molecule has 5 heteroatoms. The molecule has 1 aromatic carbocycles. The number of aromatic nitrogens is 2. The average Bonchev–Trinajstić information content (AvgIpc) is 2.84. The highest BCUT2D eigenvalue weighted by Crippen LogP contribution is 2.23. The minimum Gasteiger partial charge on any atom is -0.508 e. The molecule has 4 nitrogen and oxygen atoms in total. The largest absolute Gasteiger partial charge is 0.508 e. The molecule has 2 N–H and O–H groups in total. The van der Waals surface area contributed by atoms with Crippen LogP contribution in [-0.4, -0.2) is 19.8 Å². The topological polar surface area (TPSA) is 58.3 Å². The van der Waals surface area contributed by atoms with Gasteiger partial charge < -0.3 is 14.8 Å². The first-order valence-corrected chi connectivity index (χ1v) is 6.67. The second kappa shape index (κ2) is 6.59. The monoisotopic (exact) mass is 280 g/mol. The number of benzene rings is 1. The van der Waals surface area contributed by atoms with E-state index in [4.69, 9.17) is 16.7 Å². The van der Waals surface area contributed by atoms with E-state index in [9.17, 15) is 5.11 Å². The lowest BCUT2D eigenvalue weighted by Gasteiger charge is -2.07. The Morgan fingerprint density at radius 1 is 1.26 bits per heavy atom. The zero-order valence-electron chi connectivity index (χ0n) is 10.6. The Bertz CT molecular complexity index is 540. The van der Waals surface area contributed by atoms with Crippen molar-refractivity contribution >= 4 is 11.6 Å². The molecule has 0 aliphatic heterocycles. The number of hydrogen-bond donors (Lipinski definition) is 2. The van der Waals surface area contributed by atoms with Crippen LogP contribution in [0.5, 0.6) is 5.75 Å². The normalized spacial score (nSPS) is 10.8. The zero-order chi connectivity index (χ0) is 13.7. The number of aromatic hydroxyl groups is 1. The predicted octanol–water partition coefficient (Wildman–Crippen LogP) is 2.76. The molecule has 1 aromatic heterocycles. The van der Waals surface area contributed by atoms with E-state index in [1.165, 1.54) is 0 Å². The summed E-state index contributed by atoms with van der Waals surface area (Å²) < 4.78 is 1.96. The number of aliphatic hydroxyl groups excluding tert-OH is 1. The quantitative estimate of drug-likeness (QED) is 0.800. The molecular weight excluding hydrogens is 264 g/mol. The van der Waals surface area contributed by atoms with Crippen molar-refractivity contribution < 1.29 is 10.2 Å². The second-order valence-corrected chi connectivity index (χ2v) is 4.83. The number of imidazole rings is 1. The highest BCUT2D eigenvalue weighted by Gasteiger charge is 2.03. The van der Waals surface area contributed by atoms with Crippen LogP contribution in [0.25, 0.3) is 0 Å². The number of halogens is 1. The van der Waals surface area contributed by atoms with Gasteiger partial charge in [-0.3, -0.25) is 0 Å². The third-order valence-corrected chi connectivity index (χ3v) is 3.43. The molecule has 0 spiro atoms. The van der Waals surface area contributed by atoms with Gasteiger partial charge in [-0.25, -0.2) is 4.98 Å². The van der Waals surface area contributed by atoms with Gasteiger partial charge in [0.15, 0.2) is 0 Å². The van der Waals surface area contributed by atoms with Crippen molar-refractivity contribution in [2.24, 2.45) is 0 Å². The number of hydrogen-bond acceptors (Lipinski definition) is 3. The maximum Gasteiger partial charge on any atom is 0.134 e. The van der Waals surface area contributed by atoms with Crippen LogP contribution < -0.4 is 0 Å². The van der Waals surface area contributed by atoms with Crippen LogP contribution in [0.15, 0.2) is 30.6 Å². The summed E-state index contributed by atoms with van der Waals surface area (Å²) in [5.41, 5.74) is 1.05. The molecule has 2 aromatic rings. The maximum absolute atomic E-state index is 9.27. The van der Waals surface area contributed by atoms with Crippen LogP contribution >= 0.6 is 11.6 Å². The minimum atomic E-state index is -0.0310. The molecule has 0 radical (unpaired) electrons. The lowest BCUT2D eigenvalue weighted by molar-refractivity contribution is 0.264. The number of phenols is 1. The van der Waals surface area contributed by atoms with Crippen molar-refractivity contribution in [3.8, 4) is 5.75 Å². The molecule has 2 rings (SSSR count).